The number of methoxy groups -OCH3 is 1. The minimum Gasteiger partial charge on any atom is -0.497 e. The highest BCUT2D eigenvalue weighted by Crippen LogP contribution is 2.30. The third-order valence-corrected chi connectivity index (χ3v) is 5.19. The fraction of sp³-hybridized carbons (Fsp3) is 0.385. The Kier molecular flexibility index (Phi) is 10.7. The van der Waals surface area contributed by atoms with E-state index in [1.165, 1.54) is 12.1 Å². The Balaban J connectivity index is 2.37. The molecule has 0 saturated heterocycles. The van der Waals surface area contributed by atoms with Crippen LogP contribution in [0.1, 0.15) is 56.1 Å². The number of amides is 2. The zero-order chi connectivity index (χ0) is 26.7. The average Bonchev–Trinajstić information content (AvgIpc) is 2.87. The number of nitrogens with one attached hydrogen (secondary N) is 2. The Labute approximate surface area is 210 Å². The summed E-state index contributed by atoms with van der Waals surface area (Å²) in [5.41, 5.74) is 0.968. The van der Waals surface area contributed by atoms with E-state index in [0.717, 1.165) is 0 Å². The molecule has 2 amide bonds. The van der Waals surface area contributed by atoms with Gasteiger partial charge in [-0.2, -0.15) is 0 Å². The van der Waals surface area contributed by atoms with Crippen molar-refractivity contribution >= 4 is 29.9 Å². The summed E-state index contributed by atoms with van der Waals surface area (Å²) < 4.78 is 21.3. The van der Waals surface area contributed by atoms with Crippen LogP contribution in [0, 0.1) is 5.92 Å². The van der Waals surface area contributed by atoms with E-state index in [9.17, 15) is 19.2 Å². The molecule has 0 aliphatic heterocycles. The van der Waals surface area contributed by atoms with Crippen molar-refractivity contribution < 1.29 is 38.1 Å². The van der Waals surface area contributed by atoms with Gasteiger partial charge in [-0.15, -0.1) is 0 Å². The number of hydrogen-bond acceptors (Lipinski definition) is 8. The molecule has 0 bridgehead atoms. The third-order valence-electron chi connectivity index (χ3n) is 5.19. The molecule has 0 heterocycles. The Morgan fingerprint density at radius 2 is 1.72 bits per heavy atom. The Hall–Kier alpha value is -4.08. The van der Waals surface area contributed by atoms with Crippen LogP contribution in [0.25, 0.3) is 0 Å². The van der Waals surface area contributed by atoms with E-state index in [1.807, 2.05) is 0 Å². The summed E-state index contributed by atoms with van der Waals surface area (Å²) in [7, 11) is 1.54. The van der Waals surface area contributed by atoms with Gasteiger partial charge in [0.1, 0.15) is 11.9 Å². The van der Waals surface area contributed by atoms with Gasteiger partial charge in [0.2, 0.25) is 13.2 Å². The number of benzene rings is 2. The molecule has 2 aromatic carbocycles. The maximum absolute atomic E-state index is 13.4. The Morgan fingerprint density at radius 1 is 1.03 bits per heavy atom. The van der Waals surface area contributed by atoms with E-state index in [0.29, 0.717) is 17.7 Å². The van der Waals surface area contributed by atoms with E-state index in [4.69, 9.17) is 18.9 Å². The van der Waals surface area contributed by atoms with Crippen LogP contribution in [0.5, 0.6) is 11.5 Å². The van der Waals surface area contributed by atoms with E-state index >= 15 is 0 Å². The van der Waals surface area contributed by atoms with Crippen LogP contribution >= 0.6 is 0 Å². The van der Waals surface area contributed by atoms with Gasteiger partial charge in [0, 0.05) is 6.42 Å². The van der Waals surface area contributed by atoms with E-state index < -0.39 is 36.8 Å². The summed E-state index contributed by atoms with van der Waals surface area (Å²) in [6.45, 7) is 6.25. The van der Waals surface area contributed by atoms with Crippen LogP contribution in [0.3, 0.4) is 0 Å². The van der Waals surface area contributed by atoms with Crippen molar-refractivity contribution in [3.8, 4) is 11.5 Å². The van der Waals surface area contributed by atoms with E-state index in [-0.39, 0.29) is 29.3 Å². The molecule has 194 valence electrons. The number of carbonyl (C=O) groups excluding carboxylic acids is 4. The zero-order valence-electron chi connectivity index (χ0n) is 21.0. The SMILES string of the molecule is CCC(=O)OC(C)C(NC(=O)c1cccc(NC=O)c1OCOC(=O)C(C)C)c1ccc(OC)cc1. The molecule has 0 spiro atoms. The lowest BCUT2D eigenvalue weighted by atomic mass is 10.0. The second kappa shape index (κ2) is 13.7. The minimum absolute atomic E-state index is 0.0188. The molecular weight excluding hydrogens is 468 g/mol. The maximum atomic E-state index is 13.4. The lowest BCUT2D eigenvalue weighted by Gasteiger charge is -2.26. The number of esters is 2. The van der Waals surface area contributed by atoms with Crippen molar-refractivity contribution in [2.75, 3.05) is 19.2 Å². The van der Waals surface area contributed by atoms with Crippen LogP contribution in [0.4, 0.5) is 5.69 Å². The van der Waals surface area contributed by atoms with Gasteiger partial charge in [0.05, 0.1) is 30.3 Å². The minimum atomic E-state index is -0.715. The number of para-hydroxylation sites is 1. The largest absolute Gasteiger partial charge is 0.497 e. The number of carbonyl (C=O) groups is 4. The summed E-state index contributed by atoms with van der Waals surface area (Å²) >= 11 is 0. The molecule has 2 aromatic rings. The van der Waals surface area contributed by atoms with Crippen molar-refractivity contribution in [2.24, 2.45) is 5.92 Å². The zero-order valence-corrected chi connectivity index (χ0v) is 21.0. The molecule has 0 aromatic heterocycles. The highest BCUT2D eigenvalue weighted by molar-refractivity contribution is 6.00. The van der Waals surface area contributed by atoms with Crippen molar-refractivity contribution in [1.29, 1.82) is 0 Å². The van der Waals surface area contributed by atoms with Crippen LogP contribution in [0.15, 0.2) is 42.5 Å². The second-order valence-electron chi connectivity index (χ2n) is 8.10. The maximum Gasteiger partial charge on any atom is 0.311 e. The third kappa shape index (κ3) is 7.72. The van der Waals surface area contributed by atoms with Gasteiger partial charge < -0.3 is 29.6 Å². The van der Waals surface area contributed by atoms with Gasteiger partial charge in [-0.05, 0) is 36.8 Å². The number of anilines is 1. The topological polar surface area (TPSA) is 129 Å². The number of hydrogen-bond donors (Lipinski definition) is 2. The highest BCUT2D eigenvalue weighted by Gasteiger charge is 2.27. The molecule has 0 radical (unpaired) electrons. The normalized spacial score (nSPS) is 12.2. The van der Waals surface area contributed by atoms with Crippen LogP contribution in [-0.4, -0.2) is 44.3 Å². The smallest absolute Gasteiger partial charge is 0.311 e. The van der Waals surface area contributed by atoms with Gasteiger partial charge in [0.15, 0.2) is 5.75 Å². The first-order valence-electron chi connectivity index (χ1n) is 11.5. The monoisotopic (exact) mass is 500 g/mol. The molecular formula is C26H32N2O8. The molecule has 36 heavy (non-hydrogen) atoms. The van der Waals surface area contributed by atoms with Crippen LogP contribution in [-0.2, 0) is 23.9 Å². The molecule has 0 saturated carbocycles. The highest BCUT2D eigenvalue weighted by atomic mass is 16.7. The summed E-state index contributed by atoms with van der Waals surface area (Å²) in [6.07, 6.45) is -0.0845. The summed E-state index contributed by atoms with van der Waals surface area (Å²) in [5.74, 6) is -1.17. The first kappa shape index (κ1) is 28.2. The van der Waals surface area contributed by atoms with E-state index in [2.05, 4.69) is 10.6 Å². The number of rotatable bonds is 13. The molecule has 0 aliphatic rings. The van der Waals surface area contributed by atoms with Gasteiger partial charge in [-0.1, -0.05) is 39.0 Å². The molecule has 2 N–H and O–H groups in total. The summed E-state index contributed by atoms with van der Waals surface area (Å²) in [4.78, 5) is 48.3. The van der Waals surface area contributed by atoms with Crippen molar-refractivity contribution in [3.05, 3.63) is 53.6 Å². The lowest BCUT2D eigenvalue weighted by molar-refractivity contribution is -0.154. The second-order valence-corrected chi connectivity index (χ2v) is 8.10. The summed E-state index contributed by atoms with van der Waals surface area (Å²) in [5, 5.41) is 5.36. The molecule has 10 heteroatoms. The van der Waals surface area contributed by atoms with Gasteiger partial charge in [0.25, 0.3) is 5.91 Å². The number of ether oxygens (including phenoxy) is 4. The van der Waals surface area contributed by atoms with Crippen molar-refractivity contribution in [2.45, 2.75) is 46.3 Å². The molecule has 2 unspecified atom stereocenters. The quantitative estimate of drug-likeness (QED) is 0.242. The van der Waals surface area contributed by atoms with Crippen LogP contribution in [0.2, 0.25) is 0 Å². The fourth-order valence-corrected chi connectivity index (χ4v) is 3.22. The molecule has 0 aliphatic carbocycles. The predicted octanol–water partition coefficient (Wildman–Crippen LogP) is 3.61. The predicted molar refractivity (Wildman–Crippen MR) is 132 cm³/mol. The average molecular weight is 501 g/mol. The fourth-order valence-electron chi connectivity index (χ4n) is 3.22. The molecule has 2 atom stereocenters. The summed E-state index contributed by atoms with van der Waals surface area (Å²) in [6, 6.07) is 10.9. The van der Waals surface area contributed by atoms with Crippen LogP contribution < -0.4 is 20.1 Å². The Bertz CT molecular complexity index is 1050. The van der Waals surface area contributed by atoms with Gasteiger partial charge in [-0.25, -0.2) is 0 Å². The lowest BCUT2D eigenvalue weighted by Crippen LogP contribution is -2.37. The Morgan fingerprint density at radius 3 is 2.31 bits per heavy atom. The standard InChI is InChI=1S/C26H32N2O8/c1-6-22(30)36-17(4)23(18-10-12-19(33-5)13-11-18)28-25(31)20-8-7-9-21(27-14-29)24(20)34-15-35-26(32)16(2)3/h7-14,16-17,23H,6,15H2,1-5H3,(H,27,29)(H,28,31). The van der Waals surface area contributed by atoms with Gasteiger partial charge in [-0.3, -0.25) is 19.2 Å². The van der Waals surface area contributed by atoms with E-state index in [1.54, 1.807) is 65.1 Å². The van der Waals surface area contributed by atoms with Gasteiger partial charge >= 0.3 is 11.9 Å². The molecule has 10 nitrogen and oxygen atoms in total. The molecule has 0 fully saturated rings. The molecule has 2 rings (SSSR count). The first-order valence-corrected chi connectivity index (χ1v) is 11.5. The first-order chi connectivity index (χ1) is 17.2. The van der Waals surface area contributed by atoms with Crippen molar-refractivity contribution in [3.63, 3.8) is 0 Å². The van der Waals surface area contributed by atoms with Crippen molar-refractivity contribution in [1.82, 2.24) is 5.32 Å².